The standard InChI is InChI=1S/C22H23FN2O5S/c1-14-15(2)25-30-22(14)17-6-9-19(29-3)20(12-17)31(27,28)11-10-21(26)24-13-16-4-7-18(23)8-5-16/h4-9,12H,10-11,13H2,1-3H3,(H,24,26). The minimum Gasteiger partial charge on any atom is -0.495 e. The number of nitrogens with one attached hydrogen (secondary N) is 1. The van der Waals surface area contributed by atoms with Crippen LogP contribution >= 0.6 is 0 Å². The van der Waals surface area contributed by atoms with E-state index in [0.29, 0.717) is 22.6 Å². The minimum absolute atomic E-state index is 0.0210. The smallest absolute Gasteiger partial charge is 0.221 e. The minimum atomic E-state index is -3.82. The second-order valence-corrected chi connectivity index (χ2v) is 9.14. The molecule has 0 saturated carbocycles. The van der Waals surface area contributed by atoms with Crippen molar-refractivity contribution in [3.05, 3.63) is 65.1 Å². The number of rotatable bonds is 8. The lowest BCUT2D eigenvalue weighted by atomic mass is 10.1. The van der Waals surface area contributed by atoms with Crippen LogP contribution < -0.4 is 10.1 Å². The van der Waals surface area contributed by atoms with Gasteiger partial charge in [0.2, 0.25) is 5.91 Å². The molecule has 3 rings (SSSR count). The van der Waals surface area contributed by atoms with E-state index in [9.17, 15) is 17.6 Å². The Balaban J connectivity index is 1.73. The van der Waals surface area contributed by atoms with E-state index in [-0.39, 0.29) is 29.4 Å². The normalized spacial score (nSPS) is 11.4. The van der Waals surface area contributed by atoms with Crippen LogP contribution in [0.3, 0.4) is 0 Å². The molecule has 1 N–H and O–H groups in total. The number of halogens is 1. The maximum Gasteiger partial charge on any atom is 0.221 e. The highest BCUT2D eigenvalue weighted by atomic mass is 32.2. The molecule has 164 valence electrons. The zero-order valence-electron chi connectivity index (χ0n) is 17.4. The molecule has 3 aromatic rings. The summed E-state index contributed by atoms with van der Waals surface area (Å²) in [6.07, 6.45) is -0.225. The lowest BCUT2D eigenvalue weighted by Gasteiger charge is -2.11. The van der Waals surface area contributed by atoms with E-state index in [4.69, 9.17) is 9.26 Å². The summed E-state index contributed by atoms with van der Waals surface area (Å²) in [6.45, 7) is 3.82. The average molecular weight is 447 g/mol. The molecule has 0 aliphatic heterocycles. The number of methoxy groups -OCH3 is 1. The fraction of sp³-hybridized carbons (Fsp3) is 0.273. The van der Waals surface area contributed by atoms with Crippen LogP contribution in [0, 0.1) is 19.7 Å². The van der Waals surface area contributed by atoms with Gasteiger partial charge in [0.25, 0.3) is 0 Å². The van der Waals surface area contributed by atoms with Gasteiger partial charge in [0.15, 0.2) is 15.6 Å². The first-order valence-corrected chi connectivity index (χ1v) is 11.2. The molecule has 0 bridgehead atoms. The molecule has 0 radical (unpaired) electrons. The highest BCUT2D eigenvalue weighted by Gasteiger charge is 2.23. The Morgan fingerprint density at radius 2 is 1.87 bits per heavy atom. The predicted molar refractivity (Wildman–Crippen MR) is 113 cm³/mol. The Morgan fingerprint density at radius 3 is 2.48 bits per heavy atom. The molecule has 0 saturated heterocycles. The van der Waals surface area contributed by atoms with E-state index in [1.807, 2.05) is 6.92 Å². The fourth-order valence-corrected chi connectivity index (χ4v) is 4.41. The molecule has 0 aliphatic carbocycles. The molecule has 1 amide bonds. The number of benzene rings is 2. The van der Waals surface area contributed by atoms with Gasteiger partial charge in [-0.05, 0) is 49.7 Å². The van der Waals surface area contributed by atoms with Gasteiger partial charge in [-0.2, -0.15) is 0 Å². The van der Waals surface area contributed by atoms with Crippen molar-refractivity contribution in [2.24, 2.45) is 0 Å². The van der Waals surface area contributed by atoms with Crippen LogP contribution in [0.1, 0.15) is 23.2 Å². The van der Waals surface area contributed by atoms with Gasteiger partial charge in [-0.15, -0.1) is 0 Å². The van der Waals surface area contributed by atoms with Gasteiger partial charge >= 0.3 is 0 Å². The number of carbonyl (C=O) groups is 1. The van der Waals surface area contributed by atoms with Crippen molar-refractivity contribution in [1.29, 1.82) is 0 Å². The zero-order valence-corrected chi connectivity index (χ0v) is 18.3. The van der Waals surface area contributed by atoms with E-state index < -0.39 is 21.5 Å². The van der Waals surface area contributed by atoms with E-state index in [0.717, 1.165) is 5.56 Å². The maximum atomic E-state index is 13.0. The third kappa shape index (κ3) is 5.29. The SMILES string of the molecule is COc1ccc(-c2onc(C)c2C)cc1S(=O)(=O)CCC(=O)NCc1ccc(F)cc1. The van der Waals surface area contributed by atoms with Gasteiger partial charge in [-0.1, -0.05) is 17.3 Å². The average Bonchev–Trinajstić information content (AvgIpc) is 3.10. The number of hydrogen-bond donors (Lipinski definition) is 1. The summed E-state index contributed by atoms with van der Waals surface area (Å²) in [7, 11) is -2.44. The number of nitrogens with zero attached hydrogens (tertiary/aromatic N) is 1. The largest absolute Gasteiger partial charge is 0.495 e. The quantitative estimate of drug-likeness (QED) is 0.568. The summed E-state index contributed by atoms with van der Waals surface area (Å²) < 4.78 is 49.4. The van der Waals surface area contributed by atoms with Gasteiger partial charge in [-0.3, -0.25) is 4.79 Å². The lowest BCUT2D eigenvalue weighted by Crippen LogP contribution is -2.25. The third-order valence-corrected chi connectivity index (χ3v) is 6.65. The molecular weight excluding hydrogens is 423 g/mol. The lowest BCUT2D eigenvalue weighted by molar-refractivity contribution is -0.120. The predicted octanol–water partition coefficient (Wildman–Crippen LogP) is 3.59. The van der Waals surface area contributed by atoms with Crippen LogP contribution in [0.15, 0.2) is 51.9 Å². The summed E-state index contributed by atoms with van der Waals surface area (Å²) in [4.78, 5) is 12.1. The van der Waals surface area contributed by atoms with Crippen molar-refractivity contribution in [3.63, 3.8) is 0 Å². The Bertz CT molecular complexity index is 1190. The first-order valence-electron chi connectivity index (χ1n) is 9.56. The zero-order chi connectivity index (χ0) is 22.6. The van der Waals surface area contributed by atoms with Crippen molar-refractivity contribution < 1.29 is 26.9 Å². The molecule has 9 heteroatoms. The monoisotopic (exact) mass is 446 g/mol. The Kier molecular flexibility index (Phi) is 6.74. The molecule has 1 aromatic heterocycles. The molecule has 0 atom stereocenters. The third-order valence-electron chi connectivity index (χ3n) is 4.92. The number of aromatic nitrogens is 1. The summed E-state index contributed by atoms with van der Waals surface area (Å²) in [5.41, 5.74) is 2.80. The van der Waals surface area contributed by atoms with Gasteiger partial charge in [0, 0.05) is 24.1 Å². The van der Waals surface area contributed by atoms with E-state index in [1.54, 1.807) is 31.2 Å². The topological polar surface area (TPSA) is 98.5 Å². The molecule has 7 nitrogen and oxygen atoms in total. The molecule has 0 unspecified atom stereocenters. The van der Waals surface area contributed by atoms with Crippen molar-refractivity contribution >= 4 is 15.7 Å². The summed E-state index contributed by atoms with van der Waals surface area (Å²) in [5.74, 6) is -0.521. The Hall–Kier alpha value is -3.20. The number of hydrogen-bond acceptors (Lipinski definition) is 6. The van der Waals surface area contributed by atoms with Crippen molar-refractivity contribution in [2.45, 2.75) is 31.7 Å². The highest BCUT2D eigenvalue weighted by Crippen LogP contribution is 2.33. The molecular formula is C22H23FN2O5S. The van der Waals surface area contributed by atoms with Crippen LogP contribution in [-0.2, 0) is 21.2 Å². The number of sulfone groups is 1. The highest BCUT2D eigenvalue weighted by molar-refractivity contribution is 7.91. The number of ether oxygens (including phenoxy) is 1. The second-order valence-electron chi connectivity index (χ2n) is 7.06. The first kappa shape index (κ1) is 22.5. The van der Waals surface area contributed by atoms with Crippen LogP contribution in [0.25, 0.3) is 11.3 Å². The van der Waals surface area contributed by atoms with E-state index >= 15 is 0 Å². The Morgan fingerprint density at radius 1 is 1.16 bits per heavy atom. The van der Waals surface area contributed by atoms with Gasteiger partial charge in [0.05, 0.1) is 18.6 Å². The molecule has 31 heavy (non-hydrogen) atoms. The van der Waals surface area contributed by atoms with Crippen molar-refractivity contribution in [1.82, 2.24) is 10.5 Å². The van der Waals surface area contributed by atoms with Crippen LogP contribution in [-0.4, -0.2) is 32.3 Å². The second kappa shape index (κ2) is 9.30. The van der Waals surface area contributed by atoms with Crippen LogP contribution in [0.4, 0.5) is 4.39 Å². The number of aryl methyl sites for hydroxylation is 1. The van der Waals surface area contributed by atoms with Crippen molar-refractivity contribution in [2.75, 3.05) is 12.9 Å². The first-order chi connectivity index (χ1) is 14.7. The number of carbonyl (C=O) groups excluding carboxylic acids is 1. The maximum absolute atomic E-state index is 13.0. The summed E-state index contributed by atoms with van der Waals surface area (Å²) >= 11 is 0. The molecule has 1 heterocycles. The summed E-state index contributed by atoms with van der Waals surface area (Å²) in [5, 5.41) is 6.55. The van der Waals surface area contributed by atoms with Gasteiger partial charge in [-0.25, -0.2) is 12.8 Å². The van der Waals surface area contributed by atoms with Crippen LogP contribution in [0.2, 0.25) is 0 Å². The summed E-state index contributed by atoms with van der Waals surface area (Å²) in [6, 6.07) is 10.4. The van der Waals surface area contributed by atoms with Gasteiger partial charge in [0.1, 0.15) is 16.5 Å². The molecule has 0 fully saturated rings. The van der Waals surface area contributed by atoms with Gasteiger partial charge < -0.3 is 14.6 Å². The number of amides is 1. The van der Waals surface area contributed by atoms with Crippen molar-refractivity contribution in [3.8, 4) is 17.1 Å². The molecule has 0 aliphatic rings. The molecule has 2 aromatic carbocycles. The van der Waals surface area contributed by atoms with Crippen LogP contribution in [0.5, 0.6) is 5.75 Å². The van der Waals surface area contributed by atoms with E-state index in [2.05, 4.69) is 10.5 Å². The fourth-order valence-electron chi connectivity index (χ4n) is 2.97. The Labute approximate surface area is 180 Å². The molecule has 0 spiro atoms. The van der Waals surface area contributed by atoms with E-state index in [1.165, 1.54) is 25.3 Å².